The van der Waals surface area contributed by atoms with Gasteiger partial charge in [-0.25, -0.2) is 13.6 Å². The van der Waals surface area contributed by atoms with Crippen molar-refractivity contribution in [3.63, 3.8) is 0 Å². The summed E-state index contributed by atoms with van der Waals surface area (Å²) in [4.78, 5) is 14.1. The number of carbonyl (C=O) groups is 1. The fourth-order valence-corrected chi connectivity index (χ4v) is 1.37. The molecule has 1 aromatic heterocycles. The van der Waals surface area contributed by atoms with Crippen LogP contribution < -0.4 is 0 Å². The highest BCUT2D eigenvalue weighted by molar-refractivity contribution is 9.08. The fourth-order valence-electron chi connectivity index (χ4n) is 0.925. The summed E-state index contributed by atoms with van der Waals surface area (Å²) < 4.78 is 24.4. The van der Waals surface area contributed by atoms with Crippen LogP contribution in [0.2, 0.25) is 0 Å². The maximum atomic E-state index is 12.2. The Kier molecular flexibility index (Phi) is 3.51. The second-order valence-corrected chi connectivity index (χ2v) is 3.07. The molecule has 1 aromatic rings. The molecule has 0 saturated heterocycles. The number of pyridine rings is 1. The van der Waals surface area contributed by atoms with Gasteiger partial charge in [0.2, 0.25) is 0 Å². The molecule has 0 aliphatic heterocycles. The topological polar surface area (TPSA) is 50.2 Å². The minimum Gasteiger partial charge on any atom is -0.478 e. The molecule has 0 spiro atoms. The average Bonchev–Trinajstić information content (AvgIpc) is 2.16. The summed E-state index contributed by atoms with van der Waals surface area (Å²) in [7, 11) is 0. The maximum absolute atomic E-state index is 12.2. The minimum absolute atomic E-state index is 0.146. The Balaban J connectivity index is 3.21. The first-order valence-electron chi connectivity index (χ1n) is 3.62. The van der Waals surface area contributed by atoms with Crippen LogP contribution in [0.5, 0.6) is 0 Å². The number of carboxylic acid groups (broad SMARTS) is 1. The van der Waals surface area contributed by atoms with E-state index in [-0.39, 0.29) is 10.9 Å². The van der Waals surface area contributed by atoms with E-state index in [1.807, 2.05) is 0 Å². The van der Waals surface area contributed by atoms with Crippen LogP contribution in [0.1, 0.15) is 28.0 Å². The molecule has 0 amide bonds. The van der Waals surface area contributed by atoms with Crippen molar-refractivity contribution in [2.45, 2.75) is 11.8 Å². The number of aromatic carboxylic acids is 1. The molecule has 0 saturated carbocycles. The summed E-state index contributed by atoms with van der Waals surface area (Å²) >= 11 is 3.05. The molecule has 1 N–H and O–H groups in total. The molecule has 76 valence electrons. The SMILES string of the molecule is O=C(O)c1cc(C(F)F)ncc1CBr. The Hall–Kier alpha value is -1.04. The van der Waals surface area contributed by atoms with Gasteiger partial charge in [-0.1, -0.05) is 15.9 Å². The van der Waals surface area contributed by atoms with Gasteiger partial charge in [0.15, 0.2) is 0 Å². The zero-order valence-corrected chi connectivity index (χ0v) is 8.46. The summed E-state index contributed by atoms with van der Waals surface area (Å²) in [6, 6.07) is 0.892. The normalized spacial score (nSPS) is 10.6. The number of hydrogen-bond acceptors (Lipinski definition) is 2. The summed E-state index contributed by atoms with van der Waals surface area (Å²) in [6.45, 7) is 0. The first kappa shape index (κ1) is 11.0. The van der Waals surface area contributed by atoms with E-state index in [4.69, 9.17) is 5.11 Å². The van der Waals surface area contributed by atoms with Crippen molar-refractivity contribution < 1.29 is 18.7 Å². The number of hydrogen-bond donors (Lipinski definition) is 1. The number of carboxylic acids is 1. The zero-order valence-electron chi connectivity index (χ0n) is 6.88. The Bertz CT molecular complexity index is 357. The Morgan fingerprint density at radius 3 is 2.71 bits per heavy atom. The van der Waals surface area contributed by atoms with Gasteiger partial charge in [0.1, 0.15) is 5.69 Å². The molecular weight excluding hydrogens is 260 g/mol. The Labute approximate surface area is 86.9 Å². The third kappa shape index (κ3) is 2.25. The average molecular weight is 266 g/mol. The molecule has 14 heavy (non-hydrogen) atoms. The van der Waals surface area contributed by atoms with E-state index in [0.29, 0.717) is 5.56 Å². The summed E-state index contributed by atoms with van der Waals surface area (Å²) in [6.07, 6.45) is -1.61. The van der Waals surface area contributed by atoms with Crippen molar-refractivity contribution in [1.82, 2.24) is 4.98 Å². The van der Waals surface area contributed by atoms with Crippen molar-refractivity contribution in [1.29, 1.82) is 0 Å². The second kappa shape index (κ2) is 4.45. The van der Waals surface area contributed by atoms with Crippen LogP contribution in [0.4, 0.5) is 8.78 Å². The lowest BCUT2D eigenvalue weighted by atomic mass is 10.1. The van der Waals surface area contributed by atoms with Crippen LogP contribution in [-0.4, -0.2) is 16.1 Å². The molecule has 0 unspecified atom stereocenters. The van der Waals surface area contributed by atoms with Crippen LogP contribution in [0.15, 0.2) is 12.3 Å². The zero-order chi connectivity index (χ0) is 10.7. The summed E-state index contributed by atoms with van der Waals surface area (Å²) in [5.41, 5.74) is -0.291. The third-order valence-corrected chi connectivity index (χ3v) is 2.21. The molecular formula is C8H6BrF2NO2. The van der Waals surface area contributed by atoms with Gasteiger partial charge >= 0.3 is 5.97 Å². The molecule has 0 aromatic carbocycles. The number of aromatic nitrogens is 1. The molecule has 3 nitrogen and oxygen atoms in total. The van der Waals surface area contributed by atoms with Gasteiger partial charge < -0.3 is 5.11 Å². The first-order chi connectivity index (χ1) is 6.56. The molecule has 1 rings (SSSR count). The Morgan fingerprint density at radius 2 is 2.29 bits per heavy atom. The third-order valence-electron chi connectivity index (χ3n) is 1.61. The van der Waals surface area contributed by atoms with Crippen molar-refractivity contribution >= 4 is 21.9 Å². The highest BCUT2D eigenvalue weighted by Gasteiger charge is 2.15. The smallest absolute Gasteiger partial charge is 0.336 e. The van der Waals surface area contributed by atoms with Gasteiger partial charge in [-0.3, -0.25) is 4.98 Å². The predicted molar refractivity (Wildman–Crippen MR) is 48.8 cm³/mol. The van der Waals surface area contributed by atoms with E-state index < -0.39 is 18.1 Å². The van der Waals surface area contributed by atoms with Gasteiger partial charge in [0, 0.05) is 11.5 Å². The minimum atomic E-state index is -2.75. The van der Waals surface area contributed by atoms with Crippen molar-refractivity contribution in [3.05, 3.63) is 29.1 Å². The molecule has 0 fully saturated rings. The summed E-state index contributed by atoms with van der Waals surface area (Å²) in [5.74, 6) is -1.23. The monoisotopic (exact) mass is 265 g/mol. The van der Waals surface area contributed by atoms with Gasteiger partial charge in [-0.05, 0) is 11.6 Å². The fraction of sp³-hybridized carbons (Fsp3) is 0.250. The highest BCUT2D eigenvalue weighted by Crippen LogP contribution is 2.20. The number of halogens is 3. The lowest BCUT2D eigenvalue weighted by Crippen LogP contribution is -2.04. The second-order valence-electron chi connectivity index (χ2n) is 2.51. The lowest BCUT2D eigenvalue weighted by molar-refractivity contribution is 0.0695. The van der Waals surface area contributed by atoms with Crippen molar-refractivity contribution in [2.24, 2.45) is 0 Å². The van der Waals surface area contributed by atoms with Crippen LogP contribution in [0.3, 0.4) is 0 Å². The van der Waals surface area contributed by atoms with Gasteiger partial charge in [0.05, 0.1) is 5.56 Å². The molecule has 0 bridgehead atoms. The van der Waals surface area contributed by atoms with E-state index >= 15 is 0 Å². The van der Waals surface area contributed by atoms with E-state index in [1.165, 1.54) is 0 Å². The molecule has 0 aliphatic rings. The standard InChI is InChI=1S/C8H6BrF2NO2/c9-2-4-3-12-6(7(10)11)1-5(4)8(13)14/h1,3,7H,2H2,(H,13,14). The molecule has 0 aliphatic carbocycles. The van der Waals surface area contributed by atoms with Crippen molar-refractivity contribution in [2.75, 3.05) is 0 Å². The first-order valence-corrected chi connectivity index (χ1v) is 4.74. The molecule has 0 atom stereocenters. The maximum Gasteiger partial charge on any atom is 0.336 e. The van der Waals surface area contributed by atoms with Crippen LogP contribution >= 0.6 is 15.9 Å². The highest BCUT2D eigenvalue weighted by atomic mass is 79.9. The van der Waals surface area contributed by atoms with Gasteiger partial charge in [0.25, 0.3) is 6.43 Å². The quantitative estimate of drug-likeness (QED) is 0.855. The predicted octanol–water partition coefficient (Wildman–Crippen LogP) is 2.61. The Morgan fingerprint density at radius 1 is 1.64 bits per heavy atom. The van der Waals surface area contributed by atoms with Crippen LogP contribution in [0, 0.1) is 0 Å². The number of rotatable bonds is 3. The van der Waals surface area contributed by atoms with Crippen LogP contribution in [-0.2, 0) is 5.33 Å². The van der Waals surface area contributed by atoms with Crippen LogP contribution in [0.25, 0.3) is 0 Å². The van der Waals surface area contributed by atoms with E-state index in [1.54, 1.807) is 0 Å². The largest absolute Gasteiger partial charge is 0.478 e. The number of alkyl halides is 3. The molecule has 1 heterocycles. The molecule has 6 heteroatoms. The number of nitrogens with zero attached hydrogens (tertiary/aromatic N) is 1. The van der Waals surface area contributed by atoms with E-state index in [9.17, 15) is 13.6 Å². The van der Waals surface area contributed by atoms with E-state index in [2.05, 4.69) is 20.9 Å². The van der Waals surface area contributed by atoms with Gasteiger partial charge in [-0.2, -0.15) is 0 Å². The van der Waals surface area contributed by atoms with Crippen molar-refractivity contribution in [3.8, 4) is 0 Å². The van der Waals surface area contributed by atoms with E-state index in [0.717, 1.165) is 12.3 Å². The lowest BCUT2D eigenvalue weighted by Gasteiger charge is -2.04. The summed E-state index contributed by atoms with van der Waals surface area (Å²) in [5, 5.41) is 8.98. The van der Waals surface area contributed by atoms with Gasteiger partial charge in [-0.15, -0.1) is 0 Å². The molecule has 0 radical (unpaired) electrons.